The van der Waals surface area contributed by atoms with E-state index in [4.69, 9.17) is 5.11 Å². The summed E-state index contributed by atoms with van der Waals surface area (Å²) in [6.45, 7) is -0.915. The molecule has 2 N–H and O–H groups in total. The number of rotatable bonds is 5. The smallest absolute Gasteiger partial charge is 0.345 e. The summed E-state index contributed by atoms with van der Waals surface area (Å²) in [5, 5.41) is 12.0. The van der Waals surface area contributed by atoms with Crippen molar-refractivity contribution in [1.29, 1.82) is 0 Å². The largest absolute Gasteiger partial charge is 0.478 e. The zero-order valence-electron chi connectivity index (χ0n) is 10.8. The Morgan fingerprint density at radius 1 is 1.45 bits per heavy atom. The second-order valence-electron chi connectivity index (χ2n) is 4.50. The van der Waals surface area contributed by atoms with E-state index in [1.807, 2.05) is 4.90 Å². The fourth-order valence-electron chi connectivity index (χ4n) is 2.23. The maximum Gasteiger partial charge on any atom is 0.345 e. The lowest BCUT2D eigenvalue weighted by atomic mass is 10.1. The number of alkyl halides is 2. The van der Waals surface area contributed by atoms with E-state index in [1.54, 1.807) is 12.1 Å². The van der Waals surface area contributed by atoms with Gasteiger partial charge in [0.2, 0.25) is 0 Å². The van der Waals surface area contributed by atoms with Crippen LogP contribution in [0.25, 0.3) is 0 Å². The topological polar surface area (TPSA) is 61.8 Å². The Morgan fingerprint density at radius 3 is 2.75 bits per heavy atom. The second-order valence-corrected chi connectivity index (χ2v) is 4.50. The van der Waals surface area contributed by atoms with Gasteiger partial charge in [0.15, 0.2) is 0 Å². The molecule has 0 spiro atoms. The molecule has 20 heavy (non-hydrogen) atoms. The van der Waals surface area contributed by atoms with Crippen LogP contribution >= 0.6 is 0 Å². The minimum atomic E-state index is -2.78. The molecule has 0 saturated carbocycles. The molecule has 110 valence electrons. The molecule has 0 amide bonds. The van der Waals surface area contributed by atoms with E-state index in [0.717, 1.165) is 12.2 Å². The van der Waals surface area contributed by atoms with Crippen LogP contribution in [-0.4, -0.2) is 50.0 Å². The van der Waals surface area contributed by atoms with Gasteiger partial charge in [0.05, 0.1) is 18.2 Å². The van der Waals surface area contributed by atoms with Crippen molar-refractivity contribution < 1.29 is 23.4 Å². The summed E-state index contributed by atoms with van der Waals surface area (Å²) in [6.07, 6.45) is 0. The van der Waals surface area contributed by atoms with Gasteiger partial charge in [-0.1, -0.05) is 0 Å². The molecule has 0 aromatic heterocycles. The third-order valence-corrected chi connectivity index (χ3v) is 3.21. The Kier molecular flexibility index (Phi) is 4.86. The SMILES string of the molecule is O=C(O)c1ccc(N2CCNC[C@H]2COC(F)F)cc1. The van der Waals surface area contributed by atoms with Gasteiger partial charge < -0.3 is 20.1 Å². The average molecular weight is 286 g/mol. The highest BCUT2D eigenvalue weighted by molar-refractivity contribution is 5.88. The molecular weight excluding hydrogens is 270 g/mol. The fraction of sp³-hybridized carbons (Fsp3) is 0.462. The number of halogens is 2. The molecular formula is C13H16F2N2O3. The number of ether oxygens (including phenoxy) is 1. The molecule has 2 rings (SSSR count). The number of nitrogens with one attached hydrogen (secondary N) is 1. The average Bonchev–Trinajstić information content (AvgIpc) is 2.45. The Labute approximate surface area is 115 Å². The number of carboxylic acid groups (broad SMARTS) is 1. The van der Waals surface area contributed by atoms with E-state index >= 15 is 0 Å². The van der Waals surface area contributed by atoms with Crippen molar-refractivity contribution in [3.8, 4) is 0 Å². The Morgan fingerprint density at radius 2 is 2.15 bits per heavy atom. The van der Waals surface area contributed by atoms with Gasteiger partial charge >= 0.3 is 12.6 Å². The van der Waals surface area contributed by atoms with Gasteiger partial charge in [-0.2, -0.15) is 8.78 Å². The minimum absolute atomic E-state index is 0.0780. The van der Waals surface area contributed by atoms with E-state index in [1.165, 1.54) is 12.1 Å². The normalized spacial score (nSPS) is 19.4. The lowest BCUT2D eigenvalue weighted by molar-refractivity contribution is -0.132. The van der Waals surface area contributed by atoms with Crippen molar-refractivity contribution in [2.45, 2.75) is 12.7 Å². The third-order valence-electron chi connectivity index (χ3n) is 3.21. The van der Waals surface area contributed by atoms with Gasteiger partial charge in [0.1, 0.15) is 0 Å². The third kappa shape index (κ3) is 3.64. The van der Waals surface area contributed by atoms with Crippen LogP contribution in [0.4, 0.5) is 14.5 Å². The molecule has 0 aliphatic carbocycles. The first kappa shape index (κ1) is 14.7. The van der Waals surface area contributed by atoms with Crippen molar-refractivity contribution in [1.82, 2.24) is 5.32 Å². The van der Waals surface area contributed by atoms with Crippen LogP contribution in [0.1, 0.15) is 10.4 Å². The minimum Gasteiger partial charge on any atom is -0.478 e. The zero-order valence-corrected chi connectivity index (χ0v) is 10.8. The summed E-state index contributed by atoms with van der Waals surface area (Å²) in [5.41, 5.74) is 1.00. The Balaban J connectivity index is 2.08. The molecule has 0 radical (unpaired) electrons. The van der Waals surface area contributed by atoms with Crippen LogP contribution in [0, 0.1) is 0 Å². The molecule has 1 aromatic rings. The predicted molar refractivity (Wildman–Crippen MR) is 69.4 cm³/mol. The first-order valence-electron chi connectivity index (χ1n) is 6.28. The highest BCUT2D eigenvalue weighted by Crippen LogP contribution is 2.20. The number of aromatic carboxylic acids is 1. The molecule has 1 heterocycles. The highest BCUT2D eigenvalue weighted by Gasteiger charge is 2.24. The number of carboxylic acids is 1. The lowest BCUT2D eigenvalue weighted by Crippen LogP contribution is -2.53. The molecule has 1 fully saturated rings. The number of carbonyl (C=O) groups is 1. The van der Waals surface area contributed by atoms with E-state index in [2.05, 4.69) is 10.1 Å². The predicted octanol–water partition coefficient (Wildman–Crippen LogP) is 1.40. The quantitative estimate of drug-likeness (QED) is 0.857. The monoisotopic (exact) mass is 286 g/mol. The van der Waals surface area contributed by atoms with Gasteiger partial charge in [0, 0.05) is 25.3 Å². The molecule has 1 atom stereocenters. The van der Waals surface area contributed by atoms with Crippen LogP contribution in [0.3, 0.4) is 0 Å². The van der Waals surface area contributed by atoms with Crippen molar-refractivity contribution in [2.24, 2.45) is 0 Å². The van der Waals surface area contributed by atoms with Gasteiger partial charge in [-0.15, -0.1) is 0 Å². The number of hydrogen-bond acceptors (Lipinski definition) is 4. The summed E-state index contributed by atoms with van der Waals surface area (Å²) in [7, 11) is 0. The number of hydrogen-bond donors (Lipinski definition) is 2. The second kappa shape index (κ2) is 6.62. The molecule has 1 aliphatic heterocycles. The maximum atomic E-state index is 12.1. The van der Waals surface area contributed by atoms with E-state index in [0.29, 0.717) is 13.1 Å². The first-order chi connectivity index (χ1) is 9.58. The van der Waals surface area contributed by atoms with Crippen LogP contribution in [0.5, 0.6) is 0 Å². The first-order valence-corrected chi connectivity index (χ1v) is 6.28. The lowest BCUT2D eigenvalue weighted by Gasteiger charge is -2.37. The summed E-state index contributed by atoms with van der Waals surface area (Å²) in [4.78, 5) is 12.8. The summed E-state index contributed by atoms with van der Waals surface area (Å²) in [5.74, 6) is -0.991. The molecule has 5 nitrogen and oxygen atoms in total. The van der Waals surface area contributed by atoms with Crippen molar-refractivity contribution >= 4 is 11.7 Å². The van der Waals surface area contributed by atoms with E-state index < -0.39 is 12.6 Å². The molecule has 1 saturated heterocycles. The van der Waals surface area contributed by atoms with Crippen LogP contribution in [0.2, 0.25) is 0 Å². The molecule has 0 unspecified atom stereocenters. The molecule has 1 aromatic carbocycles. The summed E-state index contributed by atoms with van der Waals surface area (Å²) in [6, 6.07) is 6.18. The summed E-state index contributed by atoms with van der Waals surface area (Å²) < 4.78 is 28.7. The van der Waals surface area contributed by atoms with Gasteiger partial charge in [-0.25, -0.2) is 4.79 Å². The fourth-order valence-corrected chi connectivity index (χ4v) is 2.23. The van der Waals surface area contributed by atoms with Gasteiger partial charge in [-0.3, -0.25) is 0 Å². The van der Waals surface area contributed by atoms with E-state index in [9.17, 15) is 13.6 Å². The number of nitrogens with zero attached hydrogens (tertiary/aromatic N) is 1. The van der Waals surface area contributed by atoms with Gasteiger partial charge in [-0.05, 0) is 24.3 Å². The van der Waals surface area contributed by atoms with Crippen molar-refractivity contribution in [3.63, 3.8) is 0 Å². The number of anilines is 1. The van der Waals surface area contributed by atoms with Crippen LogP contribution in [0.15, 0.2) is 24.3 Å². The van der Waals surface area contributed by atoms with E-state index in [-0.39, 0.29) is 18.2 Å². The molecule has 7 heteroatoms. The van der Waals surface area contributed by atoms with Gasteiger partial charge in [0.25, 0.3) is 0 Å². The number of benzene rings is 1. The van der Waals surface area contributed by atoms with Crippen molar-refractivity contribution in [3.05, 3.63) is 29.8 Å². The van der Waals surface area contributed by atoms with Crippen LogP contribution < -0.4 is 10.2 Å². The molecule has 1 aliphatic rings. The molecule has 0 bridgehead atoms. The zero-order chi connectivity index (χ0) is 14.5. The summed E-state index contributed by atoms with van der Waals surface area (Å²) >= 11 is 0. The Bertz CT molecular complexity index is 453. The number of piperazine rings is 1. The maximum absolute atomic E-state index is 12.1. The highest BCUT2D eigenvalue weighted by atomic mass is 19.3. The van der Waals surface area contributed by atoms with Crippen molar-refractivity contribution in [2.75, 3.05) is 31.1 Å². The van der Waals surface area contributed by atoms with Crippen LogP contribution in [-0.2, 0) is 4.74 Å². The Hall–Kier alpha value is -1.73. The standard InChI is InChI=1S/C13H16F2N2O3/c14-13(15)20-8-11-7-16-5-6-17(11)10-3-1-9(2-4-10)12(18)19/h1-4,11,13,16H,5-8H2,(H,18,19)/t11-/m0/s1.